The highest BCUT2D eigenvalue weighted by atomic mass is 35.5. The monoisotopic (exact) mass is 327 g/mol. The Balaban J connectivity index is 0.00000161. The molecule has 0 aliphatic carbocycles. The van der Waals surface area contributed by atoms with E-state index < -0.39 is 0 Å². The van der Waals surface area contributed by atoms with Crippen LogP contribution >= 0.6 is 24.0 Å². The van der Waals surface area contributed by atoms with Crippen LogP contribution in [-0.2, 0) is 6.42 Å². The largest absolute Gasteiger partial charge is 0.488 e. The molecule has 21 heavy (non-hydrogen) atoms. The lowest BCUT2D eigenvalue weighted by atomic mass is 9.95. The number of halogens is 3. The van der Waals surface area contributed by atoms with Crippen LogP contribution in [-0.4, -0.2) is 12.6 Å². The first-order valence-electron chi connectivity index (χ1n) is 6.63. The van der Waals surface area contributed by atoms with Crippen LogP contribution in [0.15, 0.2) is 36.4 Å². The maximum absolute atomic E-state index is 13.8. The predicted molar refractivity (Wildman–Crippen MR) is 85.9 cm³/mol. The Morgan fingerprint density at radius 3 is 2.71 bits per heavy atom. The van der Waals surface area contributed by atoms with Gasteiger partial charge in [0.2, 0.25) is 0 Å². The Bertz CT molecular complexity index is 648. The normalized spacial score (nSPS) is 16.6. The SMILES string of the molecule is Cl.NCC1CCc2cc(F)cc(-c3ccccc3Cl)c2O1. The number of hydrogen-bond donors (Lipinski definition) is 1. The molecule has 2 aromatic carbocycles. The molecule has 0 aromatic heterocycles. The van der Waals surface area contributed by atoms with Gasteiger partial charge < -0.3 is 10.5 Å². The third kappa shape index (κ3) is 3.15. The summed E-state index contributed by atoms with van der Waals surface area (Å²) in [6.07, 6.45) is 1.57. The first-order chi connectivity index (χ1) is 9.69. The second kappa shape index (κ2) is 6.65. The van der Waals surface area contributed by atoms with Gasteiger partial charge in [0, 0.05) is 22.7 Å². The van der Waals surface area contributed by atoms with Gasteiger partial charge in [-0.2, -0.15) is 0 Å². The molecule has 112 valence electrons. The van der Waals surface area contributed by atoms with Crippen LogP contribution in [0.4, 0.5) is 4.39 Å². The Kier molecular flexibility index (Phi) is 5.09. The molecule has 0 spiro atoms. The highest BCUT2D eigenvalue weighted by molar-refractivity contribution is 6.33. The lowest BCUT2D eigenvalue weighted by molar-refractivity contribution is 0.182. The minimum absolute atomic E-state index is 0. The van der Waals surface area contributed by atoms with Crippen LogP contribution in [0.25, 0.3) is 11.1 Å². The van der Waals surface area contributed by atoms with E-state index in [2.05, 4.69) is 0 Å². The molecule has 0 bridgehead atoms. The quantitative estimate of drug-likeness (QED) is 0.896. The van der Waals surface area contributed by atoms with Crippen molar-refractivity contribution in [2.45, 2.75) is 18.9 Å². The van der Waals surface area contributed by atoms with Gasteiger partial charge in [-0.05, 0) is 36.6 Å². The van der Waals surface area contributed by atoms with Crippen molar-refractivity contribution in [3.63, 3.8) is 0 Å². The first kappa shape index (κ1) is 16.1. The van der Waals surface area contributed by atoms with E-state index in [1.165, 1.54) is 12.1 Å². The zero-order valence-corrected chi connectivity index (χ0v) is 12.9. The van der Waals surface area contributed by atoms with Gasteiger partial charge in [0.05, 0.1) is 0 Å². The minimum Gasteiger partial charge on any atom is -0.488 e. The Labute approximate surface area is 134 Å². The van der Waals surface area contributed by atoms with Crippen LogP contribution in [0.3, 0.4) is 0 Å². The summed E-state index contributed by atoms with van der Waals surface area (Å²) < 4.78 is 19.8. The Morgan fingerprint density at radius 1 is 1.24 bits per heavy atom. The molecule has 0 saturated heterocycles. The lowest BCUT2D eigenvalue weighted by Crippen LogP contribution is -2.30. The topological polar surface area (TPSA) is 35.2 Å². The molecule has 1 heterocycles. The van der Waals surface area contributed by atoms with Crippen LogP contribution < -0.4 is 10.5 Å². The average molecular weight is 328 g/mol. The van der Waals surface area contributed by atoms with E-state index >= 15 is 0 Å². The molecule has 0 amide bonds. The summed E-state index contributed by atoms with van der Waals surface area (Å²) in [7, 11) is 0. The summed E-state index contributed by atoms with van der Waals surface area (Å²) in [6.45, 7) is 0.457. The number of ether oxygens (including phenoxy) is 1. The summed E-state index contributed by atoms with van der Waals surface area (Å²) >= 11 is 6.22. The maximum Gasteiger partial charge on any atom is 0.131 e. The van der Waals surface area contributed by atoms with Gasteiger partial charge in [0.25, 0.3) is 0 Å². The van der Waals surface area contributed by atoms with Crippen molar-refractivity contribution in [3.8, 4) is 16.9 Å². The first-order valence-corrected chi connectivity index (χ1v) is 7.01. The number of benzene rings is 2. The van der Waals surface area contributed by atoms with E-state index in [4.69, 9.17) is 22.1 Å². The standard InChI is InChI=1S/C16H15ClFNO.ClH/c17-15-4-2-1-3-13(15)14-8-11(18)7-10-5-6-12(9-19)20-16(10)14;/h1-4,7-8,12H,5-6,9,19H2;1H. The smallest absolute Gasteiger partial charge is 0.131 e. The molecular formula is C16H16Cl2FNO. The van der Waals surface area contributed by atoms with Gasteiger partial charge in [0.1, 0.15) is 17.7 Å². The highest BCUT2D eigenvalue weighted by Crippen LogP contribution is 2.40. The van der Waals surface area contributed by atoms with Crippen molar-refractivity contribution in [3.05, 3.63) is 52.8 Å². The molecule has 5 heteroatoms. The Morgan fingerprint density at radius 2 is 2.00 bits per heavy atom. The van der Waals surface area contributed by atoms with E-state index in [1.807, 2.05) is 18.2 Å². The van der Waals surface area contributed by atoms with Crippen LogP contribution in [0.1, 0.15) is 12.0 Å². The van der Waals surface area contributed by atoms with Crippen molar-refractivity contribution < 1.29 is 9.13 Å². The number of fused-ring (bicyclic) bond motifs is 1. The fraction of sp³-hybridized carbons (Fsp3) is 0.250. The van der Waals surface area contributed by atoms with Gasteiger partial charge in [-0.25, -0.2) is 4.39 Å². The molecule has 1 aliphatic heterocycles. The predicted octanol–water partition coefficient (Wildman–Crippen LogP) is 4.22. The summed E-state index contributed by atoms with van der Waals surface area (Å²) in [4.78, 5) is 0. The van der Waals surface area contributed by atoms with Crippen molar-refractivity contribution in [2.24, 2.45) is 5.73 Å². The molecule has 0 radical (unpaired) electrons. The van der Waals surface area contributed by atoms with Crippen LogP contribution in [0, 0.1) is 5.82 Å². The van der Waals surface area contributed by atoms with Gasteiger partial charge in [-0.1, -0.05) is 29.8 Å². The molecule has 0 saturated carbocycles. The fourth-order valence-corrected chi connectivity index (χ4v) is 2.80. The van der Waals surface area contributed by atoms with Crippen molar-refractivity contribution in [1.82, 2.24) is 0 Å². The molecule has 2 nitrogen and oxygen atoms in total. The molecular weight excluding hydrogens is 312 g/mol. The summed E-state index contributed by atoms with van der Waals surface area (Å²) in [6, 6.07) is 10.4. The van der Waals surface area contributed by atoms with Gasteiger partial charge >= 0.3 is 0 Å². The molecule has 1 aliphatic rings. The second-order valence-corrected chi connectivity index (χ2v) is 5.34. The summed E-state index contributed by atoms with van der Waals surface area (Å²) in [5, 5.41) is 0.582. The average Bonchev–Trinajstić information content (AvgIpc) is 2.46. The minimum atomic E-state index is -0.270. The lowest BCUT2D eigenvalue weighted by Gasteiger charge is -2.27. The van der Waals surface area contributed by atoms with Crippen molar-refractivity contribution in [2.75, 3.05) is 6.54 Å². The number of rotatable bonds is 2. The molecule has 1 atom stereocenters. The molecule has 1 unspecified atom stereocenters. The van der Waals surface area contributed by atoms with E-state index in [0.717, 1.165) is 24.0 Å². The summed E-state index contributed by atoms with van der Waals surface area (Å²) in [5.41, 5.74) is 8.04. The van der Waals surface area contributed by atoms with E-state index in [1.54, 1.807) is 6.07 Å². The van der Waals surface area contributed by atoms with E-state index in [0.29, 0.717) is 22.9 Å². The highest BCUT2D eigenvalue weighted by Gasteiger charge is 2.23. The number of nitrogens with two attached hydrogens (primary N) is 1. The van der Waals surface area contributed by atoms with Crippen molar-refractivity contribution >= 4 is 24.0 Å². The van der Waals surface area contributed by atoms with E-state index in [9.17, 15) is 4.39 Å². The van der Waals surface area contributed by atoms with Crippen LogP contribution in [0.2, 0.25) is 5.02 Å². The van der Waals surface area contributed by atoms with Crippen molar-refractivity contribution in [1.29, 1.82) is 0 Å². The number of aryl methyl sites for hydroxylation is 1. The number of hydrogen-bond acceptors (Lipinski definition) is 2. The molecule has 0 fully saturated rings. The molecule has 2 aromatic rings. The van der Waals surface area contributed by atoms with Gasteiger partial charge in [0.15, 0.2) is 0 Å². The molecule has 2 N–H and O–H groups in total. The molecule has 3 rings (SSSR count). The van der Waals surface area contributed by atoms with Gasteiger partial charge in [-0.15, -0.1) is 12.4 Å². The third-order valence-electron chi connectivity index (χ3n) is 3.58. The zero-order chi connectivity index (χ0) is 14.1. The fourth-order valence-electron chi connectivity index (χ4n) is 2.56. The zero-order valence-electron chi connectivity index (χ0n) is 11.3. The summed E-state index contributed by atoms with van der Waals surface area (Å²) in [5.74, 6) is 0.440. The Hall–Kier alpha value is -1.29. The van der Waals surface area contributed by atoms with Gasteiger partial charge in [-0.3, -0.25) is 0 Å². The van der Waals surface area contributed by atoms with Crippen LogP contribution in [0.5, 0.6) is 5.75 Å². The third-order valence-corrected chi connectivity index (χ3v) is 3.91. The maximum atomic E-state index is 13.8. The van der Waals surface area contributed by atoms with E-state index in [-0.39, 0.29) is 24.3 Å². The second-order valence-electron chi connectivity index (χ2n) is 4.94.